The van der Waals surface area contributed by atoms with Crippen molar-refractivity contribution in [3.05, 3.63) is 35.9 Å². The number of hydrogen-bond donors (Lipinski definition) is 1. The SMILES string of the molecule is CCNC(=NCC(CC)c1ccccc1)N1CCN(C(C)=O)CC1.I. The van der Waals surface area contributed by atoms with Crippen molar-refractivity contribution in [2.75, 3.05) is 39.3 Å². The third-order valence-electron chi connectivity index (χ3n) is 4.58. The van der Waals surface area contributed by atoms with Gasteiger partial charge in [-0.2, -0.15) is 0 Å². The fourth-order valence-corrected chi connectivity index (χ4v) is 3.05. The molecule has 6 heteroatoms. The van der Waals surface area contributed by atoms with E-state index in [0.29, 0.717) is 5.92 Å². The molecule has 0 saturated carbocycles. The van der Waals surface area contributed by atoms with Crippen LogP contribution in [0.3, 0.4) is 0 Å². The molecule has 0 bridgehead atoms. The summed E-state index contributed by atoms with van der Waals surface area (Å²) in [4.78, 5) is 20.5. The highest BCUT2D eigenvalue weighted by atomic mass is 127. The molecule has 1 amide bonds. The molecule has 0 aliphatic carbocycles. The van der Waals surface area contributed by atoms with Gasteiger partial charge >= 0.3 is 0 Å². The van der Waals surface area contributed by atoms with Crippen LogP contribution in [0.25, 0.3) is 0 Å². The van der Waals surface area contributed by atoms with Gasteiger partial charge in [-0.15, -0.1) is 24.0 Å². The first-order chi connectivity index (χ1) is 11.7. The summed E-state index contributed by atoms with van der Waals surface area (Å²) in [5.74, 6) is 1.57. The van der Waals surface area contributed by atoms with Crippen LogP contribution in [0.5, 0.6) is 0 Å². The molecule has 1 aliphatic heterocycles. The Bertz CT molecular complexity index is 542. The number of amides is 1. The number of hydrogen-bond acceptors (Lipinski definition) is 2. The van der Waals surface area contributed by atoms with Crippen molar-refractivity contribution in [1.29, 1.82) is 0 Å². The monoisotopic (exact) mass is 458 g/mol. The van der Waals surface area contributed by atoms with Crippen molar-refractivity contribution in [3.8, 4) is 0 Å². The van der Waals surface area contributed by atoms with Crippen LogP contribution in [-0.2, 0) is 4.79 Å². The molecule has 1 aromatic rings. The Labute approximate surface area is 168 Å². The van der Waals surface area contributed by atoms with Crippen molar-refractivity contribution >= 4 is 35.8 Å². The summed E-state index contributed by atoms with van der Waals surface area (Å²) in [5.41, 5.74) is 1.35. The number of guanidine groups is 1. The number of aliphatic imine (C=N–C) groups is 1. The first-order valence-corrected chi connectivity index (χ1v) is 8.99. The first kappa shape index (κ1) is 21.7. The molecular formula is C19H31IN4O. The summed E-state index contributed by atoms with van der Waals surface area (Å²) in [5, 5.41) is 3.40. The molecule has 1 fully saturated rings. The van der Waals surface area contributed by atoms with Crippen LogP contribution in [0.2, 0.25) is 0 Å². The number of carbonyl (C=O) groups excluding carboxylic acids is 1. The summed E-state index contributed by atoms with van der Waals surface area (Å²) in [6.07, 6.45) is 1.07. The number of rotatable bonds is 5. The largest absolute Gasteiger partial charge is 0.357 e. The smallest absolute Gasteiger partial charge is 0.219 e. The standard InChI is InChI=1S/C19H30N4O.HI/c1-4-17(18-9-7-6-8-10-18)15-21-19(20-5-2)23-13-11-22(12-14-23)16(3)24;/h6-10,17H,4-5,11-15H2,1-3H3,(H,20,21);1H. The molecule has 1 heterocycles. The number of nitrogens with one attached hydrogen (secondary N) is 1. The zero-order chi connectivity index (χ0) is 17.4. The van der Waals surface area contributed by atoms with Crippen LogP contribution in [0.4, 0.5) is 0 Å². The van der Waals surface area contributed by atoms with E-state index in [9.17, 15) is 4.79 Å². The summed E-state index contributed by atoms with van der Waals surface area (Å²) in [6.45, 7) is 10.8. The Morgan fingerprint density at radius 1 is 1.12 bits per heavy atom. The van der Waals surface area contributed by atoms with Crippen LogP contribution >= 0.6 is 24.0 Å². The van der Waals surface area contributed by atoms with Crippen molar-refractivity contribution in [1.82, 2.24) is 15.1 Å². The summed E-state index contributed by atoms with van der Waals surface area (Å²) in [6, 6.07) is 10.6. The molecule has 1 atom stereocenters. The van der Waals surface area contributed by atoms with Gasteiger partial charge in [-0.05, 0) is 18.9 Å². The fourth-order valence-electron chi connectivity index (χ4n) is 3.05. The Morgan fingerprint density at radius 2 is 1.72 bits per heavy atom. The van der Waals surface area contributed by atoms with Crippen LogP contribution in [0.1, 0.15) is 38.7 Å². The Morgan fingerprint density at radius 3 is 2.24 bits per heavy atom. The van der Waals surface area contributed by atoms with Gasteiger partial charge in [0.25, 0.3) is 0 Å². The average Bonchev–Trinajstić information content (AvgIpc) is 2.62. The van der Waals surface area contributed by atoms with E-state index in [2.05, 4.69) is 54.4 Å². The lowest BCUT2D eigenvalue weighted by atomic mass is 9.97. The third kappa shape index (κ3) is 6.49. The second kappa shape index (κ2) is 11.3. The summed E-state index contributed by atoms with van der Waals surface area (Å²) in [7, 11) is 0. The second-order valence-corrected chi connectivity index (χ2v) is 6.20. The lowest BCUT2D eigenvalue weighted by Gasteiger charge is -2.36. The van der Waals surface area contributed by atoms with Gasteiger partial charge in [0.05, 0.1) is 0 Å². The van der Waals surface area contributed by atoms with E-state index in [-0.39, 0.29) is 29.9 Å². The number of piperazine rings is 1. The van der Waals surface area contributed by atoms with Gasteiger partial charge in [-0.25, -0.2) is 0 Å². The van der Waals surface area contributed by atoms with E-state index >= 15 is 0 Å². The average molecular weight is 458 g/mol. The van der Waals surface area contributed by atoms with Gasteiger partial charge in [0.2, 0.25) is 5.91 Å². The van der Waals surface area contributed by atoms with Gasteiger partial charge in [-0.1, -0.05) is 37.3 Å². The Kier molecular flexibility index (Phi) is 9.85. The van der Waals surface area contributed by atoms with E-state index < -0.39 is 0 Å². The molecule has 25 heavy (non-hydrogen) atoms. The minimum atomic E-state index is 0. The molecule has 2 rings (SSSR count). The highest BCUT2D eigenvalue weighted by Crippen LogP contribution is 2.19. The van der Waals surface area contributed by atoms with Gasteiger partial charge in [0.1, 0.15) is 0 Å². The van der Waals surface area contributed by atoms with Crippen LogP contribution < -0.4 is 5.32 Å². The van der Waals surface area contributed by atoms with Gasteiger partial charge in [-0.3, -0.25) is 9.79 Å². The molecule has 1 saturated heterocycles. The summed E-state index contributed by atoms with van der Waals surface area (Å²) >= 11 is 0. The zero-order valence-corrected chi connectivity index (χ0v) is 17.9. The number of halogens is 1. The first-order valence-electron chi connectivity index (χ1n) is 8.99. The van der Waals surface area contributed by atoms with E-state index in [1.54, 1.807) is 6.92 Å². The van der Waals surface area contributed by atoms with E-state index in [0.717, 1.165) is 51.6 Å². The second-order valence-electron chi connectivity index (χ2n) is 6.20. The maximum Gasteiger partial charge on any atom is 0.219 e. The molecule has 1 N–H and O–H groups in total. The molecule has 1 unspecified atom stereocenters. The molecule has 1 aromatic carbocycles. The predicted molar refractivity (Wildman–Crippen MR) is 115 cm³/mol. The quantitative estimate of drug-likeness (QED) is 0.420. The van der Waals surface area contributed by atoms with Crippen molar-refractivity contribution < 1.29 is 4.79 Å². The minimum Gasteiger partial charge on any atom is -0.357 e. The topological polar surface area (TPSA) is 47.9 Å². The van der Waals surface area contributed by atoms with Crippen LogP contribution in [-0.4, -0.2) is 60.9 Å². The molecule has 1 aliphatic rings. The maximum absolute atomic E-state index is 11.5. The highest BCUT2D eigenvalue weighted by molar-refractivity contribution is 14.0. The third-order valence-corrected chi connectivity index (χ3v) is 4.58. The molecule has 0 aromatic heterocycles. The molecule has 0 spiro atoms. The Balaban J connectivity index is 0.00000312. The van der Waals surface area contributed by atoms with E-state index in [1.807, 2.05) is 4.90 Å². The molecule has 0 radical (unpaired) electrons. The minimum absolute atomic E-state index is 0. The molecule has 5 nitrogen and oxygen atoms in total. The van der Waals surface area contributed by atoms with Gasteiger partial charge < -0.3 is 15.1 Å². The van der Waals surface area contributed by atoms with Gasteiger partial charge in [0, 0.05) is 52.1 Å². The molecule has 140 valence electrons. The number of benzene rings is 1. The summed E-state index contributed by atoms with van der Waals surface area (Å²) < 4.78 is 0. The zero-order valence-electron chi connectivity index (χ0n) is 15.6. The van der Waals surface area contributed by atoms with E-state index in [4.69, 9.17) is 4.99 Å². The van der Waals surface area contributed by atoms with Crippen LogP contribution in [0, 0.1) is 0 Å². The maximum atomic E-state index is 11.5. The Hall–Kier alpha value is -1.31. The lowest BCUT2D eigenvalue weighted by molar-refractivity contribution is -0.130. The number of carbonyl (C=O) groups is 1. The van der Waals surface area contributed by atoms with Crippen molar-refractivity contribution in [3.63, 3.8) is 0 Å². The normalized spacial score (nSPS) is 16.2. The highest BCUT2D eigenvalue weighted by Gasteiger charge is 2.21. The predicted octanol–water partition coefficient (Wildman–Crippen LogP) is 2.93. The van der Waals surface area contributed by atoms with Crippen LogP contribution in [0.15, 0.2) is 35.3 Å². The fraction of sp³-hybridized carbons (Fsp3) is 0.579. The van der Waals surface area contributed by atoms with E-state index in [1.165, 1.54) is 5.56 Å². The van der Waals surface area contributed by atoms with Gasteiger partial charge in [0.15, 0.2) is 5.96 Å². The van der Waals surface area contributed by atoms with Crippen molar-refractivity contribution in [2.24, 2.45) is 4.99 Å². The van der Waals surface area contributed by atoms with Crippen molar-refractivity contribution in [2.45, 2.75) is 33.1 Å². The number of nitrogens with zero attached hydrogens (tertiary/aromatic N) is 3. The lowest BCUT2D eigenvalue weighted by Crippen LogP contribution is -2.53. The molecular weight excluding hydrogens is 427 g/mol.